The van der Waals surface area contributed by atoms with Gasteiger partial charge in [0.15, 0.2) is 0 Å². The molecule has 0 saturated carbocycles. The first-order valence-corrected chi connectivity index (χ1v) is 6.02. The van der Waals surface area contributed by atoms with Gasteiger partial charge in [-0.1, -0.05) is 0 Å². The topological polar surface area (TPSA) is 94.7 Å². The van der Waals surface area contributed by atoms with E-state index in [-0.39, 0.29) is 5.91 Å². The summed E-state index contributed by atoms with van der Waals surface area (Å²) >= 11 is 0. The molecule has 0 aromatic carbocycles. The summed E-state index contributed by atoms with van der Waals surface area (Å²) in [7, 11) is 0. The van der Waals surface area contributed by atoms with E-state index in [1.54, 1.807) is 13.0 Å². The molecule has 1 aliphatic heterocycles. The fraction of sp³-hybridized carbons (Fsp3) is 0.583. The van der Waals surface area contributed by atoms with Gasteiger partial charge < -0.3 is 25.3 Å². The Balaban J connectivity index is 2.21. The van der Waals surface area contributed by atoms with E-state index >= 15 is 0 Å². The van der Waals surface area contributed by atoms with E-state index < -0.39 is 18.2 Å². The molecule has 4 N–H and O–H groups in total. The van der Waals surface area contributed by atoms with Crippen LogP contribution in [0.4, 0.5) is 0 Å². The smallest absolute Gasteiger partial charge is 0.254 e. The molecule has 0 spiro atoms. The largest absolute Gasteiger partial charge is 0.464 e. The van der Waals surface area contributed by atoms with Gasteiger partial charge in [0.1, 0.15) is 17.6 Å². The predicted octanol–water partition coefficient (Wildman–Crippen LogP) is -0.296. The summed E-state index contributed by atoms with van der Waals surface area (Å²) in [5.41, 5.74) is 0.460. The first-order valence-electron chi connectivity index (χ1n) is 6.02. The van der Waals surface area contributed by atoms with Crippen LogP contribution in [0.15, 0.2) is 10.5 Å². The van der Waals surface area contributed by atoms with E-state index in [0.29, 0.717) is 30.2 Å². The molecule has 2 heterocycles. The number of furan rings is 1. The number of carbonyl (C=O) groups excluding carboxylic acids is 1. The first-order chi connectivity index (χ1) is 8.54. The average Bonchev–Trinajstić information content (AvgIpc) is 2.85. The number of nitrogens with one attached hydrogen (secondary N) is 2. The minimum absolute atomic E-state index is 0.196. The van der Waals surface area contributed by atoms with E-state index in [2.05, 4.69) is 10.6 Å². The van der Waals surface area contributed by atoms with Gasteiger partial charge in [0.25, 0.3) is 5.91 Å². The van der Waals surface area contributed by atoms with Crippen LogP contribution in [0.1, 0.15) is 34.8 Å². The maximum atomic E-state index is 11.7. The van der Waals surface area contributed by atoms with E-state index in [4.69, 9.17) is 4.42 Å². The number of carbonyl (C=O) groups is 1. The van der Waals surface area contributed by atoms with Crippen LogP contribution in [-0.2, 0) is 0 Å². The molecular formula is C12H18N2O4. The van der Waals surface area contributed by atoms with Crippen LogP contribution < -0.4 is 10.6 Å². The lowest BCUT2D eigenvalue weighted by molar-refractivity contribution is 0.0368. The van der Waals surface area contributed by atoms with E-state index in [1.165, 1.54) is 0 Å². The normalized spacial score (nSPS) is 27.4. The number of β-amino-alcohol motifs (C(OH)–C–C–N with tert-alkyl or cyclic N) is 1. The van der Waals surface area contributed by atoms with Gasteiger partial charge in [0, 0.05) is 13.1 Å². The molecule has 0 aliphatic carbocycles. The Morgan fingerprint density at radius 1 is 1.61 bits per heavy atom. The maximum Gasteiger partial charge on any atom is 0.254 e. The monoisotopic (exact) mass is 254 g/mol. The van der Waals surface area contributed by atoms with Crippen LogP contribution in [0, 0.1) is 6.92 Å². The SMILES string of the molecule is CCNC(=O)c1cc([C@@H]2NC[C@@H](O)[C@H]2O)oc1C. The minimum atomic E-state index is -0.919. The molecule has 0 radical (unpaired) electrons. The van der Waals surface area contributed by atoms with Crippen LogP contribution in [0.3, 0.4) is 0 Å². The van der Waals surface area contributed by atoms with Gasteiger partial charge >= 0.3 is 0 Å². The zero-order valence-electron chi connectivity index (χ0n) is 10.4. The van der Waals surface area contributed by atoms with Crippen LogP contribution in [0.25, 0.3) is 0 Å². The standard InChI is InChI=1S/C12H18N2O4/c1-3-13-12(17)7-4-9(18-6(7)2)10-11(16)8(15)5-14-10/h4,8,10-11,14-16H,3,5H2,1-2H3,(H,13,17)/t8-,10+,11-/m1/s1. The summed E-state index contributed by atoms with van der Waals surface area (Å²) in [6.07, 6.45) is -1.73. The van der Waals surface area contributed by atoms with E-state index in [0.717, 1.165) is 0 Å². The Kier molecular flexibility index (Phi) is 3.70. The Labute approximate surface area is 105 Å². The Bertz CT molecular complexity index is 443. The van der Waals surface area contributed by atoms with Gasteiger partial charge in [-0.3, -0.25) is 4.79 Å². The lowest BCUT2D eigenvalue weighted by atomic mass is 10.1. The molecule has 18 heavy (non-hydrogen) atoms. The molecule has 3 atom stereocenters. The Hall–Kier alpha value is -1.37. The molecule has 1 aliphatic rings. The van der Waals surface area contributed by atoms with Crippen LogP contribution >= 0.6 is 0 Å². The highest BCUT2D eigenvalue weighted by Crippen LogP contribution is 2.27. The molecule has 1 aromatic heterocycles. The van der Waals surface area contributed by atoms with Crippen molar-refractivity contribution >= 4 is 5.91 Å². The summed E-state index contributed by atoms with van der Waals surface area (Å²) in [6.45, 7) is 4.39. The zero-order valence-corrected chi connectivity index (χ0v) is 10.4. The van der Waals surface area contributed by atoms with Crippen molar-refractivity contribution in [2.75, 3.05) is 13.1 Å². The second kappa shape index (κ2) is 5.09. The molecule has 6 nitrogen and oxygen atoms in total. The second-order valence-corrected chi connectivity index (χ2v) is 4.42. The fourth-order valence-corrected chi connectivity index (χ4v) is 2.12. The third kappa shape index (κ3) is 2.27. The fourth-order valence-electron chi connectivity index (χ4n) is 2.12. The molecule has 1 aromatic rings. The van der Waals surface area contributed by atoms with Gasteiger partial charge in [-0.2, -0.15) is 0 Å². The summed E-state index contributed by atoms with van der Waals surface area (Å²) in [4.78, 5) is 11.7. The molecule has 1 saturated heterocycles. The van der Waals surface area contributed by atoms with Crippen LogP contribution in [-0.4, -0.2) is 41.4 Å². The van der Waals surface area contributed by atoms with Gasteiger partial charge in [-0.05, 0) is 19.9 Å². The number of aryl methyl sites for hydroxylation is 1. The van der Waals surface area contributed by atoms with Crippen molar-refractivity contribution in [2.24, 2.45) is 0 Å². The summed E-state index contributed by atoms with van der Waals surface area (Å²) < 4.78 is 5.49. The molecule has 2 rings (SSSR count). The molecular weight excluding hydrogens is 236 g/mol. The van der Waals surface area contributed by atoms with Crippen molar-refractivity contribution < 1.29 is 19.4 Å². The molecule has 1 amide bonds. The molecule has 100 valence electrons. The number of aliphatic hydroxyl groups is 2. The van der Waals surface area contributed by atoms with Crippen LogP contribution in [0.5, 0.6) is 0 Å². The quantitative estimate of drug-likeness (QED) is 0.594. The van der Waals surface area contributed by atoms with Gasteiger partial charge in [-0.25, -0.2) is 0 Å². The molecule has 0 unspecified atom stereocenters. The van der Waals surface area contributed by atoms with Gasteiger partial charge in [0.2, 0.25) is 0 Å². The third-order valence-electron chi connectivity index (χ3n) is 3.11. The maximum absolute atomic E-state index is 11.7. The second-order valence-electron chi connectivity index (χ2n) is 4.42. The summed E-state index contributed by atoms with van der Waals surface area (Å²) in [6, 6.07) is 1.14. The van der Waals surface area contributed by atoms with Crippen molar-refractivity contribution in [3.8, 4) is 0 Å². The van der Waals surface area contributed by atoms with E-state index in [9.17, 15) is 15.0 Å². The highest BCUT2D eigenvalue weighted by Gasteiger charge is 2.36. The van der Waals surface area contributed by atoms with Gasteiger partial charge in [0.05, 0.1) is 17.7 Å². The summed E-state index contributed by atoms with van der Waals surface area (Å²) in [5, 5.41) is 24.9. The number of rotatable bonds is 3. The van der Waals surface area contributed by atoms with Crippen molar-refractivity contribution in [1.29, 1.82) is 0 Å². The molecule has 1 fully saturated rings. The number of amides is 1. The van der Waals surface area contributed by atoms with Crippen LogP contribution in [0.2, 0.25) is 0 Å². The third-order valence-corrected chi connectivity index (χ3v) is 3.11. The molecule has 6 heteroatoms. The zero-order chi connectivity index (χ0) is 13.3. The number of hydrogen-bond donors (Lipinski definition) is 4. The van der Waals surface area contributed by atoms with Gasteiger partial charge in [-0.15, -0.1) is 0 Å². The lowest BCUT2D eigenvalue weighted by Gasteiger charge is -2.12. The Morgan fingerprint density at radius 2 is 2.33 bits per heavy atom. The highest BCUT2D eigenvalue weighted by molar-refractivity contribution is 5.95. The van der Waals surface area contributed by atoms with Crippen molar-refractivity contribution in [2.45, 2.75) is 32.1 Å². The molecule has 0 bridgehead atoms. The summed E-state index contributed by atoms with van der Waals surface area (Å²) in [5.74, 6) is 0.780. The number of hydrogen-bond acceptors (Lipinski definition) is 5. The highest BCUT2D eigenvalue weighted by atomic mass is 16.4. The Morgan fingerprint density at radius 3 is 2.89 bits per heavy atom. The van der Waals surface area contributed by atoms with Crippen molar-refractivity contribution in [3.05, 3.63) is 23.2 Å². The van der Waals surface area contributed by atoms with Crippen molar-refractivity contribution in [1.82, 2.24) is 10.6 Å². The average molecular weight is 254 g/mol. The lowest BCUT2D eigenvalue weighted by Crippen LogP contribution is -2.25. The van der Waals surface area contributed by atoms with Crippen molar-refractivity contribution in [3.63, 3.8) is 0 Å². The minimum Gasteiger partial charge on any atom is -0.464 e. The van der Waals surface area contributed by atoms with E-state index in [1.807, 2.05) is 6.92 Å². The predicted molar refractivity (Wildman–Crippen MR) is 64.2 cm³/mol. The first kappa shape index (κ1) is 13.1. The number of aliphatic hydroxyl groups excluding tert-OH is 2.